The normalized spacial score (nSPS) is 15.8. The Morgan fingerprint density at radius 2 is 1.87 bits per heavy atom. The predicted octanol–water partition coefficient (Wildman–Crippen LogP) is 5.41. The maximum atomic E-state index is 12.1. The van der Waals surface area contributed by atoms with E-state index in [-0.39, 0.29) is 0 Å². The van der Waals surface area contributed by atoms with Crippen molar-refractivity contribution in [3.8, 4) is 16.3 Å². The first-order valence-corrected chi connectivity index (χ1v) is 11.7. The Bertz CT molecular complexity index is 1090. The van der Waals surface area contributed by atoms with E-state index in [2.05, 4.69) is 14.9 Å². The maximum absolute atomic E-state index is 12.1. The van der Waals surface area contributed by atoms with Crippen molar-refractivity contribution >= 4 is 58.1 Å². The van der Waals surface area contributed by atoms with Crippen LogP contribution in [0.15, 0.2) is 30.3 Å². The lowest BCUT2D eigenvalue weighted by Crippen LogP contribution is -2.49. The summed E-state index contributed by atoms with van der Waals surface area (Å²) in [5, 5.41) is 5.79. The van der Waals surface area contributed by atoms with Gasteiger partial charge in [-0.2, -0.15) is 5.10 Å². The fourth-order valence-electron chi connectivity index (χ4n) is 3.74. The molecule has 10 heteroatoms. The fraction of sp³-hybridized carbons (Fsp3) is 0.333. The molecule has 0 bridgehead atoms. The maximum Gasteiger partial charge on any atom is 0.160 e. The molecule has 3 heterocycles. The van der Waals surface area contributed by atoms with Gasteiger partial charge in [0.15, 0.2) is 12.5 Å². The summed E-state index contributed by atoms with van der Waals surface area (Å²) >= 11 is 20.2. The van der Waals surface area contributed by atoms with Crippen LogP contribution in [0.4, 0.5) is 5.69 Å². The quantitative estimate of drug-likeness (QED) is 0.425. The van der Waals surface area contributed by atoms with Crippen molar-refractivity contribution in [2.45, 2.75) is 13.1 Å². The number of thiophene rings is 1. The van der Waals surface area contributed by atoms with Crippen molar-refractivity contribution in [1.29, 1.82) is 0 Å². The highest BCUT2D eigenvalue weighted by Crippen LogP contribution is 2.37. The van der Waals surface area contributed by atoms with E-state index in [1.807, 2.05) is 37.3 Å². The summed E-state index contributed by atoms with van der Waals surface area (Å²) in [4.78, 5) is 17.3. The number of aromatic nitrogens is 2. The smallest absolute Gasteiger partial charge is 0.160 e. The molecule has 4 rings (SSSR count). The molecule has 0 radical (unpaired) electrons. The summed E-state index contributed by atoms with van der Waals surface area (Å²) < 4.78 is 7.70. The van der Waals surface area contributed by atoms with Crippen molar-refractivity contribution in [2.75, 3.05) is 38.2 Å². The molecule has 1 aliphatic heterocycles. The van der Waals surface area contributed by atoms with Gasteiger partial charge in [-0.1, -0.05) is 34.8 Å². The molecule has 1 fully saturated rings. The Labute approximate surface area is 199 Å². The molecule has 1 atom stereocenters. The first-order chi connectivity index (χ1) is 14.9. The van der Waals surface area contributed by atoms with Gasteiger partial charge in [0.25, 0.3) is 0 Å². The van der Waals surface area contributed by atoms with E-state index in [0.29, 0.717) is 38.9 Å². The molecule has 1 aliphatic rings. The minimum Gasteiger partial charge on any atom is -0.495 e. The molecule has 164 valence electrons. The highest BCUT2D eigenvalue weighted by atomic mass is 35.5. The van der Waals surface area contributed by atoms with Gasteiger partial charge < -0.3 is 9.64 Å². The van der Waals surface area contributed by atoms with Gasteiger partial charge >= 0.3 is 0 Å². The van der Waals surface area contributed by atoms with E-state index in [1.165, 1.54) is 11.3 Å². The van der Waals surface area contributed by atoms with Crippen LogP contribution in [0.1, 0.15) is 11.9 Å². The number of hydrogen-bond acceptors (Lipinski definition) is 6. The van der Waals surface area contributed by atoms with Crippen LogP contribution in [0.2, 0.25) is 14.4 Å². The third-order valence-corrected chi connectivity index (χ3v) is 7.45. The SMILES string of the molecule is COc1cc(N2CCN(C(C=O)n3nc(-c4ccc(Cl)s4)c(Cl)c3C)CC2)ccc1Cl. The van der Waals surface area contributed by atoms with Crippen LogP contribution < -0.4 is 9.64 Å². The minimum absolute atomic E-state index is 0.524. The molecule has 0 saturated carbocycles. The van der Waals surface area contributed by atoms with Crippen molar-refractivity contribution in [3.63, 3.8) is 0 Å². The number of nitrogens with zero attached hydrogens (tertiary/aromatic N) is 4. The zero-order valence-electron chi connectivity index (χ0n) is 17.0. The van der Waals surface area contributed by atoms with Crippen LogP contribution in [0.3, 0.4) is 0 Å². The van der Waals surface area contributed by atoms with Crippen LogP contribution >= 0.6 is 46.1 Å². The first-order valence-electron chi connectivity index (χ1n) is 9.71. The standard InChI is InChI=1S/C21H21Cl3N4O2S/c1-13-20(24)21(17-5-6-18(23)31-17)25-28(13)19(12-29)27-9-7-26(8-10-27)14-3-4-15(22)16(11-14)30-2/h3-6,11-12,19H,7-10H2,1-2H3. The molecule has 31 heavy (non-hydrogen) atoms. The van der Waals surface area contributed by atoms with Crippen molar-refractivity contribution in [1.82, 2.24) is 14.7 Å². The molecule has 0 amide bonds. The van der Waals surface area contributed by atoms with E-state index in [9.17, 15) is 4.79 Å². The van der Waals surface area contributed by atoms with E-state index in [4.69, 9.17) is 39.5 Å². The number of carbonyl (C=O) groups is 1. The number of piperazine rings is 1. The number of carbonyl (C=O) groups excluding carboxylic acids is 1. The molecule has 6 nitrogen and oxygen atoms in total. The Balaban J connectivity index is 1.52. The number of anilines is 1. The molecule has 1 unspecified atom stereocenters. The second kappa shape index (κ2) is 9.38. The number of ether oxygens (including phenoxy) is 1. The van der Waals surface area contributed by atoms with Crippen molar-refractivity contribution in [3.05, 3.63) is 50.4 Å². The second-order valence-corrected chi connectivity index (χ2v) is 9.69. The second-order valence-electron chi connectivity index (χ2n) is 7.19. The summed E-state index contributed by atoms with van der Waals surface area (Å²) in [6, 6.07) is 9.46. The summed E-state index contributed by atoms with van der Waals surface area (Å²) in [7, 11) is 1.60. The van der Waals surface area contributed by atoms with Gasteiger partial charge in [0.2, 0.25) is 0 Å². The van der Waals surface area contributed by atoms with E-state index in [0.717, 1.165) is 35.6 Å². The predicted molar refractivity (Wildman–Crippen MR) is 127 cm³/mol. The summed E-state index contributed by atoms with van der Waals surface area (Å²) in [5.74, 6) is 0.649. The topological polar surface area (TPSA) is 50.6 Å². The fourth-order valence-corrected chi connectivity index (χ4v) is 5.25. The molecule has 0 aliphatic carbocycles. The molecular weight excluding hydrogens is 479 g/mol. The zero-order chi connectivity index (χ0) is 22.1. The van der Waals surface area contributed by atoms with Gasteiger partial charge in [-0.3, -0.25) is 9.69 Å². The summed E-state index contributed by atoms with van der Waals surface area (Å²) in [6.45, 7) is 4.80. The van der Waals surface area contributed by atoms with Crippen LogP contribution in [0, 0.1) is 6.92 Å². The third kappa shape index (κ3) is 4.43. The van der Waals surface area contributed by atoms with Gasteiger partial charge in [0.05, 0.1) is 32.1 Å². The monoisotopic (exact) mass is 498 g/mol. The number of rotatable bonds is 6. The summed E-state index contributed by atoms with van der Waals surface area (Å²) in [5.41, 5.74) is 2.44. The van der Waals surface area contributed by atoms with Gasteiger partial charge in [-0.05, 0) is 31.2 Å². The van der Waals surface area contributed by atoms with Crippen LogP contribution in [0.25, 0.3) is 10.6 Å². The molecule has 0 N–H and O–H groups in total. The number of benzene rings is 1. The van der Waals surface area contributed by atoms with E-state index < -0.39 is 6.17 Å². The van der Waals surface area contributed by atoms with Crippen LogP contribution in [0.5, 0.6) is 5.75 Å². The van der Waals surface area contributed by atoms with Gasteiger partial charge in [-0.25, -0.2) is 4.68 Å². The number of hydrogen-bond donors (Lipinski definition) is 0. The lowest BCUT2D eigenvalue weighted by atomic mass is 10.2. The van der Waals surface area contributed by atoms with Crippen molar-refractivity contribution in [2.24, 2.45) is 0 Å². The molecular formula is C21H21Cl3N4O2S. The number of halogens is 3. The van der Waals surface area contributed by atoms with Gasteiger partial charge in [0, 0.05) is 37.9 Å². The molecule has 2 aromatic heterocycles. The van der Waals surface area contributed by atoms with Crippen LogP contribution in [-0.4, -0.2) is 54.3 Å². The molecule has 0 spiro atoms. The zero-order valence-corrected chi connectivity index (χ0v) is 20.1. The molecule has 1 saturated heterocycles. The molecule has 3 aromatic rings. The average Bonchev–Trinajstić information content (AvgIpc) is 3.33. The molecule has 1 aromatic carbocycles. The van der Waals surface area contributed by atoms with E-state index in [1.54, 1.807) is 11.8 Å². The highest BCUT2D eigenvalue weighted by Gasteiger charge is 2.29. The number of aldehydes is 1. The lowest BCUT2D eigenvalue weighted by Gasteiger charge is -2.38. The minimum atomic E-state index is -0.524. The Hall–Kier alpha value is -1.77. The van der Waals surface area contributed by atoms with Crippen molar-refractivity contribution < 1.29 is 9.53 Å². The highest BCUT2D eigenvalue weighted by molar-refractivity contribution is 7.19. The van der Waals surface area contributed by atoms with Crippen LogP contribution in [-0.2, 0) is 4.79 Å². The largest absolute Gasteiger partial charge is 0.495 e. The van der Waals surface area contributed by atoms with Gasteiger partial charge in [-0.15, -0.1) is 11.3 Å². The Kier molecular flexibility index (Phi) is 6.79. The first kappa shape index (κ1) is 22.4. The Morgan fingerprint density at radius 3 is 2.48 bits per heavy atom. The Morgan fingerprint density at radius 1 is 1.13 bits per heavy atom. The number of methoxy groups -OCH3 is 1. The average molecular weight is 500 g/mol. The van der Waals surface area contributed by atoms with E-state index >= 15 is 0 Å². The van der Waals surface area contributed by atoms with Gasteiger partial charge in [0.1, 0.15) is 11.4 Å². The summed E-state index contributed by atoms with van der Waals surface area (Å²) in [6.07, 6.45) is 0.395. The lowest BCUT2D eigenvalue weighted by molar-refractivity contribution is -0.116. The third-order valence-electron chi connectivity index (χ3n) is 5.44.